The molecule has 0 amide bonds. The van der Waals surface area contributed by atoms with Crippen LogP contribution in [0.2, 0.25) is 0 Å². The van der Waals surface area contributed by atoms with Crippen molar-refractivity contribution in [3.63, 3.8) is 0 Å². The standard InChI is InChI=1S/3C14H14F7O2.Eu/c3*1-10(2)6-4-5-11(10,3)8(22)7(6)9(23)12(15,16)13(17,18)14(19,20)21;/h3*6H,4-5H2,1-3H3;/q3*-1;+3. The van der Waals surface area contributed by atoms with E-state index in [0.717, 1.165) is 0 Å². The van der Waals surface area contributed by atoms with Crippen molar-refractivity contribution < 1.29 is 170 Å². The Bertz CT molecular complexity index is 1940. The van der Waals surface area contributed by atoms with E-state index in [0.29, 0.717) is 0 Å². The average Bonchev–Trinajstić information content (AvgIpc) is 3.79. The van der Waals surface area contributed by atoms with Crippen LogP contribution in [0.1, 0.15) is 101 Å². The van der Waals surface area contributed by atoms with E-state index in [1.165, 1.54) is 62.3 Å². The normalized spacial score (nSPS) is 30.5. The molecule has 6 aliphatic rings. The number of carbonyl (C=O) groups excluding carboxylic acids is 6. The molecule has 6 saturated carbocycles. The Labute approximate surface area is 425 Å². The predicted octanol–water partition coefficient (Wildman–Crippen LogP) is 12.0. The molecule has 70 heavy (non-hydrogen) atoms. The van der Waals surface area contributed by atoms with Gasteiger partial charge in [0.05, 0.1) is 17.3 Å². The van der Waals surface area contributed by atoms with Crippen LogP contribution in [-0.2, 0) is 28.8 Å². The van der Waals surface area contributed by atoms with Crippen LogP contribution in [0.5, 0.6) is 0 Å². The summed E-state index contributed by atoms with van der Waals surface area (Å²) in [5, 5.41) is 0. The molecule has 0 aliphatic heterocycles. The van der Waals surface area contributed by atoms with Gasteiger partial charge in [-0.05, 0) is 35.5 Å². The fraction of sp³-hybridized carbons (Fsp3) is 0.786. The molecule has 0 radical (unpaired) electrons. The summed E-state index contributed by atoms with van der Waals surface area (Å²) in [5.74, 6) is -55.5. The number of Topliss-reactive ketones (excluding diaryl/α,β-unsaturated/α-hetero) is 6. The zero-order valence-electron chi connectivity index (χ0n) is 37.7. The van der Waals surface area contributed by atoms with Crippen LogP contribution in [-0.4, -0.2) is 88.8 Å². The molecule has 6 fully saturated rings. The molecule has 6 bridgehead atoms. The largest absolute Gasteiger partial charge is 3.00 e. The summed E-state index contributed by atoms with van der Waals surface area (Å²) in [5.41, 5.74) is -6.53. The Hall–Kier alpha value is -2.26. The van der Waals surface area contributed by atoms with Gasteiger partial charge in [-0.2, -0.15) is 92.2 Å². The molecular formula is C42H42EuF21O6. The molecule has 0 N–H and O–H groups in total. The van der Waals surface area contributed by atoms with Gasteiger partial charge in [-0.15, -0.1) is 17.8 Å². The fourth-order valence-corrected chi connectivity index (χ4v) is 10.9. The van der Waals surface area contributed by atoms with Gasteiger partial charge in [0, 0.05) is 33.6 Å². The molecular weight excluding hydrogens is 1150 g/mol. The maximum atomic E-state index is 13.6. The molecule has 6 aliphatic carbocycles. The van der Waals surface area contributed by atoms with Crippen LogP contribution in [0, 0.1) is 117 Å². The first-order chi connectivity index (χ1) is 30.1. The number of alkyl halides is 21. The van der Waals surface area contributed by atoms with Gasteiger partial charge in [-0.1, -0.05) is 81.6 Å². The monoisotopic (exact) mass is 1190 g/mol. The summed E-state index contributed by atoms with van der Waals surface area (Å²) >= 11 is 0. The third kappa shape index (κ3) is 7.90. The molecule has 0 aromatic rings. The van der Waals surface area contributed by atoms with Gasteiger partial charge in [0.15, 0.2) is 0 Å². The van der Waals surface area contributed by atoms with Gasteiger partial charge in [-0.3, -0.25) is 0 Å². The summed E-state index contributed by atoms with van der Waals surface area (Å²) in [7, 11) is 0. The summed E-state index contributed by atoms with van der Waals surface area (Å²) in [4.78, 5) is 72.2. The molecule has 400 valence electrons. The Morgan fingerprint density at radius 2 is 0.529 bits per heavy atom. The molecule has 6 rings (SSSR count). The minimum Gasteiger partial charge on any atom is -0.333 e. The SMILES string of the molecule is CC12CCC([C-](C(=O)C(F)(F)C(F)(F)C(F)(F)F)C1=O)C2(C)C.CC12CCC([C-](C(=O)C(F)(F)C(F)(F)C(F)(F)F)C1=O)C2(C)C.CC12CCC([C-](C(=O)C(F)(F)C(F)(F)C(F)(F)F)C1=O)C2(C)C.[Eu+3]. The summed E-state index contributed by atoms with van der Waals surface area (Å²) in [6.45, 7) is 13.3. The van der Waals surface area contributed by atoms with Crippen LogP contribution >= 0.6 is 0 Å². The zero-order chi connectivity index (χ0) is 54.7. The molecule has 0 saturated heterocycles. The smallest absolute Gasteiger partial charge is 0.333 e. The Morgan fingerprint density at radius 3 is 0.643 bits per heavy atom. The van der Waals surface area contributed by atoms with E-state index in [1.807, 2.05) is 0 Å². The van der Waals surface area contributed by atoms with Gasteiger partial charge in [0.2, 0.25) is 0 Å². The second kappa shape index (κ2) is 17.1. The maximum absolute atomic E-state index is 13.6. The summed E-state index contributed by atoms with van der Waals surface area (Å²) < 4.78 is 270. The van der Waals surface area contributed by atoms with E-state index in [4.69, 9.17) is 0 Å². The summed E-state index contributed by atoms with van der Waals surface area (Å²) in [6.07, 6.45) is -18.7. The third-order valence-corrected chi connectivity index (χ3v) is 16.8. The molecule has 28 heteroatoms. The van der Waals surface area contributed by atoms with Crippen LogP contribution < -0.4 is 0 Å². The van der Waals surface area contributed by atoms with Gasteiger partial charge in [0.1, 0.15) is 0 Å². The molecule has 0 aromatic heterocycles. The van der Waals surface area contributed by atoms with E-state index < -0.39 is 157 Å². The second-order valence-electron chi connectivity index (χ2n) is 20.6. The molecule has 0 heterocycles. The fourth-order valence-electron chi connectivity index (χ4n) is 10.9. The van der Waals surface area contributed by atoms with Gasteiger partial charge >= 0.3 is 103 Å². The van der Waals surface area contributed by atoms with Gasteiger partial charge in [0.25, 0.3) is 0 Å². The average molecular weight is 1190 g/mol. The van der Waals surface area contributed by atoms with Crippen LogP contribution in [0.4, 0.5) is 92.2 Å². The number of fused-ring (bicyclic) bond motifs is 6. The Morgan fingerprint density at radius 1 is 0.371 bits per heavy atom. The predicted molar refractivity (Wildman–Crippen MR) is 191 cm³/mol. The van der Waals surface area contributed by atoms with Crippen LogP contribution in [0.3, 0.4) is 0 Å². The second-order valence-corrected chi connectivity index (χ2v) is 20.6. The third-order valence-electron chi connectivity index (χ3n) is 16.8. The minimum atomic E-state index is -6.60. The van der Waals surface area contributed by atoms with Crippen LogP contribution in [0.25, 0.3) is 0 Å². The molecule has 6 unspecified atom stereocenters. The van der Waals surface area contributed by atoms with E-state index in [1.54, 1.807) is 0 Å². The number of halogens is 21. The van der Waals surface area contributed by atoms with E-state index in [2.05, 4.69) is 0 Å². The first kappa shape index (κ1) is 62.0. The van der Waals surface area contributed by atoms with Crippen LogP contribution in [0.15, 0.2) is 0 Å². The number of carbonyl (C=O) groups is 6. The van der Waals surface area contributed by atoms with Gasteiger partial charge in [-0.25, -0.2) is 17.8 Å². The first-order valence-electron chi connectivity index (χ1n) is 20.5. The minimum absolute atomic E-state index is 0. The first-order valence-corrected chi connectivity index (χ1v) is 20.5. The van der Waals surface area contributed by atoms with Crippen molar-refractivity contribution in [3.8, 4) is 0 Å². The zero-order valence-corrected chi connectivity index (χ0v) is 40.2. The molecule has 0 aromatic carbocycles. The molecule has 6 nitrogen and oxygen atoms in total. The van der Waals surface area contributed by atoms with Crippen molar-refractivity contribution in [2.24, 2.45) is 50.2 Å². The van der Waals surface area contributed by atoms with Crippen molar-refractivity contribution in [3.05, 3.63) is 17.8 Å². The molecule has 0 spiro atoms. The quantitative estimate of drug-likeness (QED) is 0.168. The van der Waals surface area contributed by atoms with E-state index in [9.17, 15) is 121 Å². The van der Waals surface area contributed by atoms with E-state index in [-0.39, 0.29) is 87.9 Å². The molecule has 6 atom stereocenters. The summed E-state index contributed by atoms with van der Waals surface area (Å²) in [6, 6.07) is 0. The van der Waals surface area contributed by atoms with Gasteiger partial charge < -0.3 is 28.8 Å². The van der Waals surface area contributed by atoms with Crippen molar-refractivity contribution >= 4 is 34.7 Å². The van der Waals surface area contributed by atoms with Crippen molar-refractivity contribution in [1.29, 1.82) is 0 Å². The Balaban J connectivity index is 0.000000276. The topological polar surface area (TPSA) is 102 Å². The van der Waals surface area contributed by atoms with Crippen molar-refractivity contribution in [1.82, 2.24) is 0 Å². The Kier molecular flexibility index (Phi) is 15.2. The van der Waals surface area contributed by atoms with Crippen molar-refractivity contribution in [2.45, 2.75) is 155 Å². The maximum Gasteiger partial charge on any atom is 3.00 e. The number of ketones is 6. The van der Waals surface area contributed by atoms with E-state index >= 15 is 0 Å². The number of hydrogen-bond donors (Lipinski definition) is 0. The number of hydrogen-bond acceptors (Lipinski definition) is 6. The van der Waals surface area contributed by atoms with Crippen molar-refractivity contribution in [2.75, 3.05) is 0 Å². The number of rotatable bonds is 9.